The van der Waals surface area contributed by atoms with Crippen LogP contribution in [0.15, 0.2) is 34.2 Å². The fourth-order valence-electron chi connectivity index (χ4n) is 2.23. The molecule has 2 rings (SSSR count). The Morgan fingerprint density at radius 1 is 1.33 bits per heavy atom. The van der Waals surface area contributed by atoms with Crippen LogP contribution in [-0.2, 0) is 19.6 Å². The first-order valence-corrected chi connectivity index (χ1v) is 8.87. The smallest absolute Gasteiger partial charge is 0.326 e. The summed E-state index contributed by atoms with van der Waals surface area (Å²) in [5, 5.41) is 8.88. The lowest BCUT2D eigenvalue weighted by Crippen LogP contribution is -2.40. The molecule has 0 aliphatic carbocycles. The quantitative estimate of drug-likeness (QED) is 0.720. The van der Waals surface area contributed by atoms with E-state index in [0.29, 0.717) is 12.0 Å². The van der Waals surface area contributed by atoms with E-state index in [-0.39, 0.29) is 29.6 Å². The van der Waals surface area contributed by atoms with E-state index < -0.39 is 22.0 Å². The number of sulfonamides is 1. The highest BCUT2D eigenvalue weighted by Crippen LogP contribution is 2.22. The van der Waals surface area contributed by atoms with Crippen LogP contribution in [0.5, 0.6) is 0 Å². The fraction of sp³-hybridized carbons (Fsp3) is 0.400. The Hall–Kier alpha value is -2.42. The molecule has 24 heavy (non-hydrogen) atoms. The van der Waals surface area contributed by atoms with E-state index in [4.69, 9.17) is 5.11 Å². The van der Waals surface area contributed by atoms with Crippen molar-refractivity contribution in [3.63, 3.8) is 0 Å². The number of benzene rings is 1. The number of fused-ring (bicyclic) bond motifs is 1. The van der Waals surface area contributed by atoms with Gasteiger partial charge in [-0.25, -0.2) is 13.2 Å². The van der Waals surface area contributed by atoms with Crippen LogP contribution in [0.4, 0.5) is 0 Å². The molecule has 1 heterocycles. The van der Waals surface area contributed by atoms with Gasteiger partial charge in [0.05, 0.1) is 4.90 Å². The molecular formula is C15H19N3O5S. The van der Waals surface area contributed by atoms with Crippen LogP contribution >= 0.6 is 0 Å². The predicted octanol–water partition coefficient (Wildman–Crippen LogP) is 0.437. The van der Waals surface area contributed by atoms with Crippen LogP contribution in [0.3, 0.4) is 0 Å². The number of rotatable bonds is 6. The highest BCUT2D eigenvalue weighted by molar-refractivity contribution is 7.90. The predicted molar refractivity (Wildman–Crippen MR) is 87.3 cm³/mol. The van der Waals surface area contributed by atoms with E-state index >= 15 is 0 Å². The Kier molecular flexibility index (Phi) is 5.23. The van der Waals surface area contributed by atoms with E-state index in [1.54, 1.807) is 18.2 Å². The largest absolute Gasteiger partial charge is 0.480 e. The summed E-state index contributed by atoms with van der Waals surface area (Å²) >= 11 is 0. The Morgan fingerprint density at radius 3 is 2.67 bits per heavy atom. The average Bonchev–Trinajstić information content (AvgIpc) is 2.81. The summed E-state index contributed by atoms with van der Waals surface area (Å²) in [5.41, 5.74) is 0.514. The summed E-state index contributed by atoms with van der Waals surface area (Å²) < 4.78 is 26.2. The summed E-state index contributed by atoms with van der Waals surface area (Å²) in [6.07, 6.45) is 0.530. The maximum atomic E-state index is 11.9. The van der Waals surface area contributed by atoms with Gasteiger partial charge in [0.25, 0.3) is 10.0 Å². The van der Waals surface area contributed by atoms with Gasteiger partial charge in [0.15, 0.2) is 0 Å². The number of nitrogens with zero attached hydrogens (tertiary/aromatic N) is 2. The molecule has 130 valence electrons. The van der Waals surface area contributed by atoms with Crippen LogP contribution in [0.2, 0.25) is 0 Å². The van der Waals surface area contributed by atoms with Crippen molar-refractivity contribution in [1.29, 1.82) is 0 Å². The molecule has 0 fully saturated rings. The summed E-state index contributed by atoms with van der Waals surface area (Å²) in [6.45, 7) is 1.69. The number of carboxylic acids is 1. The van der Waals surface area contributed by atoms with Gasteiger partial charge in [-0.05, 0) is 25.5 Å². The van der Waals surface area contributed by atoms with Crippen LogP contribution in [0.1, 0.15) is 25.3 Å². The number of likely N-dealkylation sites (N-methyl/N-ethyl adjacent to an activating group) is 1. The Labute approximate surface area is 140 Å². The van der Waals surface area contributed by atoms with Gasteiger partial charge in [-0.3, -0.25) is 14.5 Å². The molecule has 1 atom stereocenters. The van der Waals surface area contributed by atoms with Crippen molar-refractivity contribution in [3.8, 4) is 0 Å². The van der Waals surface area contributed by atoms with Crippen LogP contribution in [0.25, 0.3) is 0 Å². The maximum Gasteiger partial charge on any atom is 0.326 e. The minimum Gasteiger partial charge on any atom is -0.480 e. The van der Waals surface area contributed by atoms with Crippen LogP contribution < -0.4 is 4.72 Å². The fourth-order valence-corrected chi connectivity index (χ4v) is 3.48. The lowest BCUT2D eigenvalue weighted by molar-refractivity contribution is -0.148. The van der Waals surface area contributed by atoms with E-state index in [2.05, 4.69) is 9.71 Å². The van der Waals surface area contributed by atoms with Gasteiger partial charge < -0.3 is 10.0 Å². The van der Waals surface area contributed by atoms with Gasteiger partial charge in [0, 0.05) is 25.6 Å². The van der Waals surface area contributed by atoms with Crippen molar-refractivity contribution >= 4 is 27.7 Å². The molecule has 1 amide bonds. The number of nitrogens with one attached hydrogen (secondary N) is 1. The molecule has 0 saturated carbocycles. The van der Waals surface area contributed by atoms with Crippen molar-refractivity contribution in [2.75, 3.05) is 13.6 Å². The van der Waals surface area contributed by atoms with E-state index in [9.17, 15) is 18.0 Å². The summed E-state index contributed by atoms with van der Waals surface area (Å²) in [5.74, 6) is -1.09. The van der Waals surface area contributed by atoms with E-state index in [0.717, 1.165) is 0 Å². The van der Waals surface area contributed by atoms with Gasteiger partial charge in [-0.15, -0.1) is 0 Å². The van der Waals surface area contributed by atoms with E-state index in [1.165, 1.54) is 24.9 Å². The number of aliphatic carboxylic acids is 1. The van der Waals surface area contributed by atoms with Crippen molar-refractivity contribution in [2.24, 2.45) is 4.99 Å². The third-order valence-electron chi connectivity index (χ3n) is 3.81. The molecule has 0 aromatic heterocycles. The van der Waals surface area contributed by atoms with Crippen LogP contribution in [0, 0.1) is 0 Å². The van der Waals surface area contributed by atoms with Gasteiger partial charge in [0.2, 0.25) is 5.91 Å². The van der Waals surface area contributed by atoms with Crippen molar-refractivity contribution in [1.82, 2.24) is 9.62 Å². The number of amides is 1. The molecule has 2 N–H and O–H groups in total. The molecule has 0 saturated heterocycles. The number of amidine groups is 1. The first kappa shape index (κ1) is 17.9. The molecule has 0 spiro atoms. The topological polar surface area (TPSA) is 116 Å². The molecule has 1 aliphatic rings. The maximum absolute atomic E-state index is 11.9. The molecule has 1 unspecified atom stereocenters. The number of carboxylic acid groups (broad SMARTS) is 1. The number of hydrogen-bond acceptors (Lipinski definition) is 5. The summed E-state index contributed by atoms with van der Waals surface area (Å²) in [4.78, 5) is 28.3. The molecule has 1 aliphatic heterocycles. The zero-order valence-corrected chi connectivity index (χ0v) is 14.2. The highest BCUT2D eigenvalue weighted by atomic mass is 32.2. The molecule has 0 radical (unpaired) electrons. The second-order valence-corrected chi connectivity index (χ2v) is 7.11. The van der Waals surface area contributed by atoms with Gasteiger partial charge in [-0.1, -0.05) is 12.1 Å². The Morgan fingerprint density at radius 2 is 2.00 bits per heavy atom. The molecule has 0 bridgehead atoms. The van der Waals surface area contributed by atoms with Crippen LogP contribution in [-0.4, -0.2) is 55.8 Å². The number of hydrogen-bond donors (Lipinski definition) is 2. The molecule has 1 aromatic carbocycles. The zero-order valence-electron chi connectivity index (χ0n) is 13.4. The van der Waals surface area contributed by atoms with E-state index in [1.807, 2.05) is 0 Å². The molecule has 8 nitrogen and oxygen atoms in total. The standard InChI is InChI=1S/C15H19N3O5S/c1-10(15(20)21)18(2)13(19)8-5-9-16-14-11-6-3-4-7-12(11)24(22,23)17-14/h3-4,6-7,10H,5,8-9H2,1-2H3,(H,16,17)(H,20,21). The number of aliphatic imine (C=N–C) groups is 1. The monoisotopic (exact) mass is 353 g/mol. The Balaban J connectivity index is 1.94. The molecule has 9 heteroatoms. The van der Waals surface area contributed by atoms with Gasteiger partial charge in [-0.2, -0.15) is 0 Å². The lowest BCUT2D eigenvalue weighted by atomic mass is 10.2. The first-order valence-electron chi connectivity index (χ1n) is 7.39. The minimum absolute atomic E-state index is 0.138. The zero-order chi connectivity index (χ0) is 17.9. The summed E-state index contributed by atoms with van der Waals surface area (Å²) in [7, 11) is -2.12. The highest BCUT2D eigenvalue weighted by Gasteiger charge is 2.30. The number of carbonyl (C=O) groups is 2. The van der Waals surface area contributed by atoms with Crippen molar-refractivity contribution in [2.45, 2.75) is 30.7 Å². The van der Waals surface area contributed by atoms with Crippen molar-refractivity contribution in [3.05, 3.63) is 29.8 Å². The van der Waals surface area contributed by atoms with Crippen molar-refractivity contribution < 1.29 is 23.1 Å². The molecular weight excluding hydrogens is 334 g/mol. The summed E-state index contributed by atoms with van der Waals surface area (Å²) in [6, 6.07) is 5.64. The van der Waals surface area contributed by atoms with Gasteiger partial charge in [0.1, 0.15) is 11.9 Å². The first-order chi connectivity index (χ1) is 11.2. The third kappa shape index (κ3) is 3.73. The minimum atomic E-state index is -3.56. The Bertz CT molecular complexity index is 788. The second kappa shape index (κ2) is 7.00. The third-order valence-corrected chi connectivity index (χ3v) is 5.21. The van der Waals surface area contributed by atoms with Gasteiger partial charge >= 0.3 is 5.97 Å². The normalized spacial score (nSPS) is 17.8. The molecule has 1 aromatic rings. The lowest BCUT2D eigenvalue weighted by Gasteiger charge is -2.21. The SMILES string of the molecule is CC(C(=O)O)N(C)C(=O)CCCN=C1NS(=O)(=O)c2ccccc21. The number of carbonyl (C=O) groups excluding carboxylic acids is 1. The average molecular weight is 353 g/mol. The second-order valence-electron chi connectivity index (χ2n) is 5.45.